The molecule has 0 saturated carbocycles. The lowest BCUT2D eigenvalue weighted by Gasteiger charge is -2.22. The second kappa shape index (κ2) is 5.32. The van der Waals surface area contributed by atoms with E-state index >= 15 is 0 Å². The van der Waals surface area contributed by atoms with E-state index in [1.807, 2.05) is 0 Å². The summed E-state index contributed by atoms with van der Waals surface area (Å²) in [5.74, 6) is 0.651. The number of nitrogens with zero attached hydrogens (tertiary/aromatic N) is 2. The molecular weight excluding hydrogens is 210 g/mol. The molecule has 0 unspecified atom stereocenters. The lowest BCUT2D eigenvalue weighted by Crippen LogP contribution is -2.38. The van der Waals surface area contributed by atoms with Gasteiger partial charge in [0, 0.05) is 24.2 Å². The van der Waals surface area contributed by atoms with Gasteiger partial charge in [-0.2, -0.15) is 0 Å². The Morgan fingerprint density at radius 3 is 3.07 bits per heavy atom. The maximum atomic E-state index is 11.9. The lowest BCUT2D eigenvalue weighted by atomic mass is 10.1. The molecule has 15 heavy (non-hydrogen) atoms. The fourth-order valence-electron chi connectivity index (χ4n) is 1.74. The number of piperidine rings is 1. The highest BCUT2D eigenvalue weighted by Gasteiger charge is 2.16. The summed E-state index contributed by atoms with van der Waals surface area (Å²) in [6.45, 7) is 1.04. The molecule has 0 radical (unpaired) electrons. The Kier molecular flexibility index (Phi) is 3.80. The van der Waals surface area contributed by atoms with Gasteiger partial charge < -0.3 is 5.32 Å². The first kappa shape index (κ1) is 10.7. The van der Waals surface area contributed by atoms with Crippen LogP contribution in [-0.2, 0) is 10.8 Å². The second-order valence-corrected chi connectivity index (χ2v) is 5.15. The molecule has 1 aromatic rings. The lowest BCUT2D eigenvalue weighted by molar-refractivity contribution is 0.427. The van der Waals surface area contributed by atoms with Gasteiger partial charge in [-0.05, 0) is 19.4 Å². The monoisotopic (exact) mass is 225 g/mol. The third-order valence-corrected chi connectivity index (χ3v) is 3.92. The summed E-state index contributed by atoms with van der Waals surface area (Å²) in [6, 6.07) is 0.376. The Hall–Kier alpha value is -0.810. The minimum atomic E-state index is -1.02. The normalized spacial score (nSPS) is 23.6. The molecule has 1 aliphatic rings. The molecule has 1 aliphatic heterocycles. The Morgan fingerprint density at radius 1 is 1.47 bits per heavy atom. The van der Waals surface area contributed by atoms with Crippen LogP contribution in [0.5, 0.6) is 0 Å². The zero-order chi connectivity index (χ0) is 10.5. The van der Waals surface area contributed by atoms with Crippen molar-refractivity contribution in [3.8, 4) is 0 Å². The van der Waals surface area contributed by atoms with Crippen molar-refractivity contribution >= 4 is 10.8 Å². The molecule has 1 fully saturated rings. The van der Waals surface area contributed by atoms with Gasteiger partial charge in [-0.15, -0.1) is 0 Å². The van der Waals surface area contributed by atoms with Gasteiger partial charge in [0.1, 0.15) is 5.03 Å². The van der Waals surface area contributed by atoms with Crippen molar-refractivity contribution in [1.29, 1.82) is 0 Å². The van der Waals surface area contributed by atoms with Crippen molar-refractivity contribution in [2.45, 2.75) is 30.3 Å². The van der Waals surface area contributed by atoms with Gasteiger partial charge in [-0.3, -0.25) is 9.19 Å². The Labute approximate surface area is 92.0 Å². The third kappa shape index (κ3) is 3.07. The first-order valence-electron chi connectivity index (χ1n) is 5.24. The van der Waals surface area contributed by atoms with Crippen LogP contribution in [0.3, 0.4) is 0 Å². The van der Waals surface area contributed by atoms with Crippen LogP contribution in [-0.4, -0.2) is 32.5 Å². The minimum absolute atomic E-state index is 0.376. The SMILES string of the molecule is O=[S@@](C[C@H]1CCCCN1)c1cnccn1. The van der Waals surface area contributed by atoms with E-state index in [4.69, 9.17) is 0 Å². The van der Waals surface area contributed by atoms with E-state index in [2.05, 4.69) is 15.3 Å². The van der Waals surface area contributed by atoms with Crippen LogP contribution in [0.25, 0.3) is 0 Å². The molecule has 4 nitrogen and oxygen atoms in total. The zero-order valence-electron chi connectivity index (χ0n) is 8.56. The van der Waals surface area contributed by atoms with E-state index in [1.165, 1.54) is 12.8 Å². The number of rotatable bonds is 3. The van der Waals surface area contributed by atoms with Gasteiger partial charge in [-0.25, -0.2) is 4.98 Å². The predicted octanol–water partition coefficient (Wildman–Crippen LogP) is 0.726. The van der Waals surface area contributed by atoms with Gasteiger partial charge >= 0.3 is 0 Å². The Morgan fingerprint density at radius 2 is 2.40 bits per heavy atom. The molecule has 1 saturated heterocycles. The number of hydrogen-bond donors (Lipinski definition) is 1. The van der Waals surface area contributed by atoms with Crippen LogP contribution in [0.1, 0.15) is 19.3 Å². The topological polar surface area (TPSA) is 54.9 Å². The van der Waals surface area contributed by atoms with E-state index in [9.17, 15) is 4.21 Å². The largest absolute Gasteiger partial charge is 0.313 e. The van der Waals surface area contributed by atoms with Gasteiger partial charge in [-0.1, -0.05) is 6.42 Å². The van der Waals surface area contributed by atoms with E-state index < -0.39 is 10.8 Å². The summed E-state index contributed by atoms with van der Waals surface area (Å²) in [6.07, 6.45) is 8.34. The second-order valence-electron chi connectivity index (χ2n) is 3.70. The van der Waals surface area contributed by atoms with Crippen LogP contribution >= 0.6 is 0 Å². The van der Waals surface area contributed by atoms with Crippen molar-refractivity contribution in [2.75, 3.05) is 12.3 Å². The molecule has 1 N–H and O–H groups in total. The van der Waals surface area contributed by atoms with E-state index in [1.54, 1.807) is 18.6 Å². The predicted molar refractivity (Wildman–Crippen MR) is 58.9 cm³/mol. The van der Waals surface area contributed by atoms with Crippen molar-refractivity contribution in [3.63, 3.8) is 0 Å². The summed E-state index contributed by atoms with van der Waals surface area (Å²) < 4.78 is 11.9. The maximum Gasteiger partial charge on any atom is 0.145 e. The molecule has 2 heterocycles. The standard InChI is InChI=1S/C10H15N3OS/c14-15(10-7-11-5-6-13-10)8-9-3-1-2-4-12-9/h5-7,9,12H,1-4,8H2/t9-,15+/m1/s1. The molecule has 1 aromatic heterocycles. The summed E-state index contributed by atoms with van der Waals surface area (Å²) in [5, 5.41) is 3.97. The fraction of sp³-hybridized carbons (Fsp3) is 0.600. The van der Waals surface area contributed by atoms with Crippen molar-refractivity contribution < 1.29 is 4.21 Å². The number of hydrogen-bond acceptors (Lipinski definition) is 4. The fourth-order valence-corrected chi connectivity index (χ4v) is 2.91. The highest BCUT2D eigenvalue weighted by molar-refractivity contribution is 7.85. The van der Waals surface area contributed by atoms with Gasteiger partial charge in [0.25, 0.3) is 0 Å². The first-order chi connectivity index (χ1) is 7.36. The van der Waals surface area contributed by atoms with Crippen LogP contribution in [0, 0.1) is 0 Å². The minimum Gasteiger partial charge on any atom is -0.313 e. The van der Waals surface area contributed by atoms with E-state index in [-0.39, 0.29) is 0 Å². The van der Waals surface area contributed by atoms with Gasteiger partial charge in [0.2, 0.25) is 0 Å². The summed E-state index contributed by atoms with van der Waals surface area (Å²) >= 11 is 0. The van der Waals surface area contributed by atoms with Crippen LogP contribution in [0.4, 0.5) is 0 Å². The van der Waals surface area contributed by atoms with Gasteiger partial charge in [0.05, 0.1) is 17.0 Å². The smallest absolute Gasteiger partial charge is 0.145 e. The average molecular weight is 225 g/mol. The summed E-state index contributed by atoms with van der Waals surface area (Å²) in [5.41, 5.74) is 0. The molecule has 2 atom stereocenters. The molecule has 0 aliphatic carbocycles. The molecule has 0 amide bonds. The molecule has 0 aromatic carbocycles. The van der Waals surface area contributed by atoms with Crippen LogP contribution in [0.2, 0.25) is 0 Å². The number of nitrogens with one attached hydrogen (secondary N) is 1. The van der Waals surface area contributed by atoms with Crippen molar-refractivity contribution in [3.05, 3.63) is 18.6 Å². The maximum absolute atomic E-state index is 11.9. The highest BCUT2D eigenvalue weighted by Crippen LogP contribution is 2.10. The van der Waals surface area contributed by atoms with E-state index in [0.29, 0.717) is 16.8 Å². The zero-order valence-corrected chi connectivity index (χ0v) is 9.37. The quantitative estimate of drug-likeness (QED) is 0.824. The van der Waals surface area contributed by atoms with Gasteiger partial charge in [0.15, 0.2) is 0 Å². The Bertz CT molecular complexity index is 325. The molecule has 5 heteroatoms. The summed E-state index contributed by atoms with van der Waals surface area (Å²) in [7, 11) is -1.02. The van der Waals surface area contributed by atoms with Crippen molar-refractivity contribution in [2.24, 2.45) is 0 Å². The molecule has 0 spiro atoms. The van der Waals surface area contributed by atoms with Crippen LogP contribution in [0.15, 0.2) is 23.6 Å². The van der Waals surface area contributed by atoms with Crippen molar-refractivity contribution in [1.82, 2.24) is 15.3 Å². The molecule has 0 bridgehead atoms. The highest BCUT2D eigenvalue weighted by atomic mass is 32.2. The summed E-state index contributed by atoms with van der Waals surface area (Å²) in [4.78, 5) is 7.98. The molecular formula is C10H15N3OS. The Balaban J connectivity index is 1.91. The number of aromatic nitrogens is 2. The molecule has 2 rings (SSSR count). The van der Waals surface area contributed by atoms with E-state index in [0.717, 1.165) is 13.0 Å². The average Bonchev–Trinajstić information content (AvgIpc) is 2.31. The molecule has 82 valence electrons. The third-order valence-electron chi connectivity index (χ3n) is 2.54. The van der Waals surface area contributed by atoms with Crippen LogP contribution < -0.4 is 5.32 Å². The first-order valence-corrected chi connectivity index (χ1v) is 6.56.